The molecule has 1 N–H and O–H groups in total. The molecule has 0 aromatic heterocycles. The summed E-state index contributed by atoms with van der Waals surface area (Å²) in [5, 5.41) is 10.6. The summed E-state index contributed by atoms with van der Waals surface area (Å²) in [6.07, 6.45) is 3.23. The van der Waals surface area contributed by atoms with Gasteiger partial charge in [-0.2, -0.15) is 0 Å². The fraction of sp³-hybridized carbons (Fsp3) is 0.526. The smallest absolute Gasteiger partial charge is 0.302 e. The van der Waals surface area contributed by atoms with Crippen molar-refractivity contribution in [2.75, 3.05) is 13.2 Å². The third kappa shape index (κ3) is 4.89. The largest absolute Gasteiger partial charge is 0.462 e. The molecule has 0 saturated carbocycles. The molecule has 1 aliphatic carbocycles. The minimum atomic E-state index is -1.48. The van der Waals surface area contributed by atoms with Gasteiger partial charge in [0.15, 0.2) is 5.78 Å². The highest BCUT2D eigenvalue weighted by Crippen LogP contribution is 2.45. The zero-order chi connectivity index (χ0) is 19.4. The average molecular weight is 350 g/mol. The number of rotatable bonds is 7. The molecule has 3 atom stereocenters. The summed E-state index contributed by atoms with van der Waals surface area (Å²) in [7, 11) is 0. The highest BCUT2D eigenvalue weighted by Gasteiger charge is 2.45. The summed E-state index contributed by atoms with van der Waals surface area (Å²) in [4.78, 5) is 34.7. The maximum atomic E-state index is 12.7. The molecule has 6 heteroatoms. The van der Waals surface area contributed by atoms with E-state index in [4.69, 9.17) is 9.47 Å². The maximum absolute atomic E-state index is 12.7. The van der Waals surface area contributed by atoms with E-state index in [1.807, 2.05) is 0 Å². The number of hydrogen-bond donors (Lipinski definition) is 1. The van der Waals surface area contributed by atoms with Crippen LogP contribution in [0, 0.1) is 11.3 Å². The minimum absolute atomic E-state index is 0.0178. The van der Waals surface area contributed by atoms with Gasteiger partial charge in [-0.1, -0.05) is 12.7 Å². The van der Waals surface area contributed by atoms with Crippen LogP contribution in [0.5, 0.6) is 0 Å². The van der Waals surface area contributed by atoms with Crippen molar-refractivity contribution in [3.8, 4) is 0 Å². The van der Waals surface area contributed by atoms with Crippen LogP contribution in [0.1, 0.15) is 34.1 Å². The fourth-order valence-electron chi connectivity index (χ4n) is 2.79. The third-order valence-electron chi connectivity index (χ3n) is 4.61. The molecule has 1 aliphatic rings. The number of ketones is 1. The van der Waals surface area contributed by atoms with Crippen LogP contribution in [0.2, 0.25) is 0 Å². The van der Waals surface area contributed by atoms with Gasteiger partial charge in [0.2, 0.25) is 0 Å². The minimum Gasteiger partial charge on any atom is -0.462 e. The number of aliphatic hydroxyl groups is 1. The lowest BCUT2D eigenvalue weighted by Crippen LogP contribution is -2.44. The van der Waals surface area contributed by atoms with Crippen LogP contribution in [-0.2, 0) is 23.9 Å². The Kier molecular flexibility index (Phi) is 6.48. The second kappa shape index (κ2) is 7.78. The molecule has 0 spiro atoms. The van der Waals surface area contributed by atoms with Crippen LogP contribution in [-0.4, -0.2) is 41.6 Å². The Morgan fingerprint density at radius 2 is 1.96 bits per heavy atom. The highest BCUT2D eigenvalue weighted by atomic mass is 16.5. The van der Waals surface area contributed by atoms with E-state index < -0.39 is 28.9 Å². The standard InChI is InChI=1S/C19H26O6/c1-7-18(5)16(12(2)10-24-13(3)20)8-15(9-17(18)22)19(6,23)11-25-14(4)21/h7,9,16,23H,1-2,8,10-11H2,3-6H3/t16-,18-,19?/m1/s1. The first-order valence-electron chi connectivity index (χ1n) is 8.00. The average Bonchev–Trinajstić information content (AvgIpc) is 2.52. The van der Waals surface area contributed by atoms with E-state index in [0.717, 1.165) is 0 Å². The van der Waals surface area contributed by atoms with Gasteiger partial charge in [-0.05, 0) is 37.5 Å². The van der Waals surface area contributed by atoms with Crippen molar-refractivity contribution in [3.63, 3.8) is 0 Å². The zero-order valence-corrected chi connectivity index (χ0v) is 15.3. The van der Waals surface area contributed by atoms with Gasteiger partial charge in [0, 0.05) is 19.8 Å². The van der Waals surface area contributed by atoms with E-state index in [1.54, 1.807) is 13.0 Å². The number of ether oxygens (including phenoxy) is 2. The Bertz CT molecular complexity index is 628. The zero-order valence-electron chi connectivity index (χ0n) is 15.3. The van der Waals surface area contributed by atoms with Crippen LogP contribution in [0.4, 0.5) is 0 Å². The molecule has 1 unspecified atom stereocenters. The quantitative estimate of drug-likeness (QED) is 0.559. The van der Waals surface area contributed by atoms with Crippen molar-refractivity contribution >= 4 is 17.7 Å². The van der Waals surface area contributed by atoms with Gasteiger partial charge in [0.05, 0.1) is 5.41 Å². The van der Waals surface area contributed by atoms with Crippen molar-refractivity contribution in [1.29, 1.82) is 0 Å². The molecule has 0 aromatic rings. The summed E-state index contributed by atoms with van der Waals surface area (Å²) < 4.78 is 9.89. The van der Waals surface area contributed by atoms with Crippen LogP contribution < -0.4 is 0 Å². The Morgan fingerprint density at radius 3 is 2.44 bits per heavy atom. The first-order chi connectivity index (χ1) is 11.4. The van der Waals surface area contributed by atoms with Gasteiger partial charge in [-0.25, -0.2) is 0 Å². The SMILES string of the molecule is C=C[C@@]1(C)C(=O)C=C(C(C)(O)COC(C)=O)C[C@@H]1C(=C)COC(C)=O. The molecule has 0 aliphatic heterocycles. The number of esters is 2. The lowest BCUT2D eigenvalue weighted by Gasteiger charge is -2.41. The lowest BCUT2D eigenvalue weighted by atomic mass is 9.63. The number of hydrogen-bond acceptors (Lipinski definition) is 6. The van der Waals surface area contributed by atoms with Gasteiger partial charge in [-0.15, -0.1) is 6.58 Å². The molecule has 0 heterocycles. The molecule has 0 aromatic carbocycles. The monoisotopic (exact) mass is 350 g/mol. The predicted molar refractivity (Wildman–Crippen MR) is 92.5 cm³/mol. The van der Waals surface area contributed by atoms with Crippen molar-refractivity contribution in [3.05, 3.63) is 36.5 Å². The summed E-state index contributed by atoms with van der Waals surface area (Å²) in [5.74, 6) is -1.60. The van der Waals surface area contributed by atoms with Crippen LogP contribution >= 0.6 is 0 Å². The second-order valence-corrected chi connectivity index (χ2v) is 6.77. The first kappa shape index (κ1) is 20.8. The van der Waals surface area contributed by atoms with Crippen LogP contribution in [0.15, 0.2) is 36.5 Å². The Hall–Kier alpha value is -2.21. The van der Waals surface area contributed by atoms with Gasteiger partial charge < -0.3 is 14.6 Å². The van der Waals surface area contributed by atoms with E-state index in [-0.39, 0.29) is 19.0 Å². The van der Waals surface area contributed by atoms with Crippen molar-refractivity contribution in [2.45, 2.75) is 39.7 Å². The molecule has 138 valence electrons. The molecule has 0 amide bonds. The summed E-state index contributed by atoms with van der Waals surface area (Å²) in [5.41, 5.74) is -1.41. The molecule has 0 saturated heterocycles. The molecule has 0 fully saturated rings. The Balaban J connectivity index is 3.13. The number of allylic oxidation sites excluding steroid dienone is 2. The predicted octanol–water partition coefficient (Wildman–Crippen LogP) is 2.13. The van der Waals surface area contributed by atoms with E-state index in [1.165, 1.54) is 26.8 Å². The van der Waals surface area contributed by atoms with E-state index in [0.29, 0.717) is 17.6 Å². The molecule has 0 radical (unpaired) electrons. The maximum Gasteiger partial charge on any atom is 0.302 e. The topological polar surface area (TPSA) is 89.9 Å². The van der Waals surface area contributed by atoms with Gasteiger partial charge in [-0.3, -0.25) is 14.4 Å². The van der Waals surface area contributed by atoms with E-state index >= 15 is 0 Å². The molecule has 6 nitrogen and oxygen atoms in total. The summed E-state index contributed by atoms with van der Waals surface area (Å²) >= 11 is 0. The van der Waals surface area contributed by atoms with E-state index in [9.17, 15) is 19.5 Å². The molecular weight excluding hydrogens is 324 g/mol. The fourth-order valence-corrected chi connectivity index (χ4v) is 2.79. The van der Waals surface area contributed by atoms with Gasteiger partial charge >= 0.3 is 11.9 Å². The molecular formula is C19H26O6. The van der Waals surface area contributed by atoms with Crippen LogP contribution in [0.25, 0.3) is 0 Å². The molecule has 0 bridgehead atoms. The number of carbonyl (C=O) groups is 3. The normalized spacial score (nSPS) is 25.4. The van der Waals surface area contributed by atoms with E-state index in [2.05, 4.69) is 13.2 Å². The summed E-state index contributed by atoms with van der Waals surface area (Å²) in [6, 6.07) is 0. The van der Waals surface area contributed by atoms with Crippen LogP contribution in [0.3, 0.4) is 0 Å². The molecule has 1 rings (SSSR count). The van der Waals surface area contributed by atoms with Crippen molar-refractivity contribution < 1.29 is 29.0 Å². The highest BCUT2D eigenvalue weighted by molar-refractivity contribution is 5.98. The van der Waals surface area contributed by atoms with Gasteiger partial charge in [0.1, 0.15) is 18.8 Å². The summed E-state index contributed by atoms with van der Waals surface area (Å²) in [6.45, 7) is 13.2. The van der Waals surface area contributed by atoms with Crippen molar-refractivity contribution in [2.24, 2.45) is 11.3 Å². The third-order valence-corrected chi connectivity index (χ3v) is 4.61. The lowest BCUT2D eigenvalue weighted by molar-refractivity contribution is -0.146. The first-order valence-corrected chi connectivity index (χ1v) is 8.00. The van der Waals surface area contributed by atoms with Crippen molar-refractivity contribution in [1.82, 2.24) is 0 Å². The number of carbonyl (C=O) groups excluding carboxylic acids is 3. The Morgan fingerprint density at radius 1 is 1.40 bits per heavy atom. The molecule has 25 heavy (non-hydrogen) atoms. The van der Waals surface area contributed by atoms with Gasteiger partial charge in [0.25, 0.3) is 0 Å². The second-order valence-electron chi connectivity index (χ2n) is 6.77. The Labute approximate surface area is 148 Å².